The highest BCUT2D eigenvalue weighted by molar-refractivity contribution is 7.10. The average molecular weight is 479 g/mol. The summed E-state index contributed by atoms with van der Waals surface area (Å²) < 4.78 is 0. The number of nitriles is 1. The standard InChI is InChI=1S/C25H30N6O2S/c1-25(20-13-19(15-34-20)18-7-5-6-16(12-18)14-26)21(22(32)30(4)23(27)28-25)17-8-10-31(11-9-17)24(33)29(2)3/h5-7,12-13,15,17,21H,8-11H2,1-4H3,(H2,27,28). The molecule has 178 valence electrons. The first-order chi connectivity index (χ1) is 16.2. The molecule has 3 amide bonds. The number of guanidine groups is 1. The zero-order valence-electron chi connectivity index (χ0n) is 20.0. The molecule has 0 aliphatic carbocycles. The van der Waals surface area contributed by atoms with Crippen molar-refractivity contribution >= 4 is 29.2 Å². The Labute approximate surface area is 204 Å². The third-order valence-electron chi connectivity index (χ3n) is 6.98. The Balaban J connectivity index is 1.67. The molecule has 34 heavy (non-hydrogen) atoms. The number of hydrogen-bond acceptors (Lipinski definition) is 6. The van der Waals surface area contributed by atoms with Gasteiger partial charge in [0.25, 0.3) is 0 Å². The quantitative estimate of drug-likeness (QED) is 0.730. The van der Waals surface area contributed by atoms with E-state index < -0.39 is 5.54 Å². The molecule has 0 spiro atoms. The number of thiophene rings is 1. The molecular weight excluding hydrogens is 448 g/mol. The van der Waals surface area contributed by atoms with Crippen LogP contribution in [0.3, 0.4) is 0 Å². The minimum atomic E-state index is -0.804. The normalized spacial score (nSPS) is 23.4. The molecule has 2 aliphatic heterocycles. The summed E-state index contributed by atoms with van der Waals surface area (Å²) in [7, 11) is 5.18. The number of carbonyl (C=O) groups is 2. The molecule has 9 heteroatoms. The van der Waals surface area contributed by atoms with Crippen LogP contribution in [-0.4, -0.2) is 66.8 Å². The Bertz CT molecular complexity index is 1170. The molecule has 1 aromatic heterocycles. The number of carbonyl (C=O) groups excluding carboxylic acids is 2. The molecule has 1 fully saturated rings. The minimum absolute atomic E-state index is 0.00179. The van der Waals surface area contributed by atoms with Gasteiger partial charge >= 0.3 is 6.03 Å². The topological polar surface area (TPSA) is 106 Å². The number of amides is 3. The maximum Gasteiger partial charge on any atom is 0.319 e. The van der Waals surface area contributed by atoms with Crippen LogP contribution in [0.4, 0.5) is 4.79 Å². The molecule has 8 nitrogen and oxygen atoms in total. The van der Waals surface area contributed by atoms with E-state index in [1.165, 1.54) is 4.90 Å². The average Bonchev–Trinajstić information content (AvgIpc) is 3.34. The van der Waals surface area contributed by atoms with Crippen LogP contribution in [0.25, 0.3) is 11.1 Å². The molecular formula is C25H30N6O2S. The second-order valence-electron chi connectivity index (χ2n) is 9.39. The van der Waals surface area contributed by atoms with Crippen LogP contribution < -0.4 is 5.73 Å². The van der Waals surface area contributed by atoms with E-state index >= 15 is 0 Å². The highest BCUT2D eigenvalue weighted by Gasteiger charge is 2.51. The van der Waals surface area contributed by atoms with E-state index in [1.807, 2.05) is 35.4 Å². The second-order valence-corrected chi connectivity index (χ2v) is 10.3. The molecule has 2 aromatic rings. The first kappa shape index (κ1) is 23.8. The van der Waals surface area contributed by atoms with Crippen molar-refractivity contribution in [2.75, 3.05) is 34.2 Å². The zero-order chi connectivity index (χ0) is 24.6. The predicted octanol–water partition coefficient (Wildman–Crippen LogP) is 3.30. The van der Waals surface area contributed by atoms with Crippen LogP contribution in [0, 0.1) is 23.2 Å². The smallest absolute Gasteiger partial charge is 0.319 e. The van der Waals surface area contributed by atoms with Crippen LogP contribution in [-0.2, 0) is 10.3 Å². The van der Waals surface area contributed by atoms with Gasteiger partial charge < -0.3 is 15.5 Å². The molecule has 2 aliphatic rings. The molecule has 3 heterocycles. The van der Waals surface area contributed by atoms with Crippen LogP contribution >= 0.6 is 11.3 Å². The van der Waals surface area contributed by atoms with Gasteiger partial charge in [0.2, 0.25) is 5.91 Å². The monoisotopic (exact) mass is 478 g/mol. The summed E-state index contributed by atoms with van der Waals surface area (Å²) in [4.78, 5) is 36.7. The summed E-state index contributed by atoms with van der Waals surface area (Å²) in [5, 5.41) is 11.3. The van der Waals surface area contributed by atoms with E-state index in [-0.39, 0.29) is 29.7 Å². The van der Waals surface area contributed by atoms with Crippen molar-refractivity contribution in [3.8, 4) is 17.2 Å². The SMILES string of the molecule is CN(C)C(=O)N1CCC(C2C(=O)N(C)C(N)=NC2(C)c2cc(-c3cccc(C#N)c3)cs2)CC1. The number of rotatable bonds is 3. The maximum atomic E-state index is 13.6. The lowest BCUT2D eigenvalue weighted by Crippen LogP contribution is -2.57. The van der Waals surface area contributed by atoms with Gasteiger partial charge in [0.1, 0.15) is 5.54 Å². The summed E-state index contributed by atoms with van der Waals surface area (Å²) in [6.07, 6.45) is 1.47. The second kappa shape index (κ2) is 9.11. The third kappa shape index (κ3) is 4.14. The molecule has 2 atom stereocenters. The largest absolute Gasteiger partial charge is 0.369 e. The lowest BCUT2D eigenvalue weighted by molar-refractivity contribution is -0.137. The van der Waals surface area contributed by atoms with Gasteiger partial charge in [-0.05, 0) is 60.4 Å². The van der Waals surface area contributed by atoms with E-state index in [1.54, 1.807) is 43.4 Å². The first-order valence-electron chi connectivity index (χ1n) is 11.3. The van der Waals surface area contributed by atoms with E-state index in [0.29, 0.717) is 18.7 Å². The van der Waals surface area contributed by atoms with Gasteiger partial charge in [-0.3, -0.25) is 9.69 Å². The Hall–Kier alpha value is -3.38. The molecule has 0 bridgehead atoms. The molecule has 0 saturated carbocycles. The number of benzene rings is 1. The van der Waals surface area contributed by atoms with Crippen LogP contribution in [0.5, 0.6) is 0 Å². The fourth-order valence-corrected chi connectivity index (χ4v) is 6.11. The molecule has 1 aromatic carbocycles. The third-order valence-corrected chi connectivity index (χ3v) is 8.14. The number of likely N-dealkylation sites (tertiary alicyclic amines) is 1. The van der Waals surface area contributed by atoms with E-state index in [2.05, 4.69) is 12.1 Å². The fourth-order valence-electron chi connectivity index (χ4n) is 5.04. The number of hydrogen-bond donors (Lipinski definition) is 1. The molecule has 1 saturated heterocycles. The van der Waals surface area contributed by atoms with Gasteiger partial charge in [-0.1, -0.05) is 12.1 Å². The maximum absolute atomic E-state index is 13.6. The van der Waals surface area contributed by atoms with Crippen LogP contribution in [0.15, 0.2) is 40.7 Å². The molecule has 4 rings (SSSR count). The van der Waals surface area contributed by atoms with Gasteiger partial charge in [0.05, 0.1) is 17.6 Å². The predicted molar refractivity (Wildman–Crippen MR) is 133 cm³/mol. The van der Waals surface area contributed by atoms with Gasteiger partial charge in [0, 0.05) is 39.1 Å². The summed E-state index contributed by atoms with van der Waals surface area (Å²) in [6, 6.07) is 11.7. The summed E-state index contributed by atoms with van der Waals surface area (Å²) in [5.41, 5.74) is 7.93. The Morgan fingerprint density at radius 3 is 2.62 bits per heavy atom. The van der Waals surface area contributed by atoms with E-state index in [4.69, 9.17) is 10.7 Å². The van der Waals surface area contributed by atoms with Crippen molar-refractivity contribution in [1.29, 1.82) is 5.26 Å². The van der Waals surface area contributed by atoms with Gasteiger partial charge in [-0.15, -0.1) is 11.3 Å². The number of aliphatic imine (C=N–C) groups is 1. The number of urea groups is 1. The van der Waals surface area contributed by atoms with Crippen molar-refractivity contribution in [1.82, 2.24) is 14.7 Å². The zero-order valence-corrected chi connectivity index (χ0v) is 20.8. The summed E-state index contributed by atoms with van der Waals surface area (Å²) in [6.45, 7) is 3.22. The van der Waals surface area contributed by atoms with Gasteiger partial charge in [-0.25, -0.2) is 9.79 Å². The van der Waals surface area contributed by atoms with Crippen molar-refractivity contribution < 1.29 is 9.59 Å². The fraction of sp³-hybridized carbons (Fsp3) is 0.440. The molecule has 0 radical (unpaired) electrons. The molecule has 2 unspecified atom stereocenters. The highest BCUT2D eigenvalue weighted by Crippen LogP contribution is 2.47. The Morgan fingerprint density at radius 1 is 1.26 bits per heavy atom. The van der Waals surface area contributed by atoms with Gasteiger partial charge in [0.15, 0.2) is 5.96 Å². The highest BCUT2D eigenvalue weighted by atomic mass is 32.1. The van der Waals surface area contributed by atoms with Crippen molar-refractivity contribution in [2.45, 2.75) is 25.3 Å². The Morgan fingerprint density at radius 2 is 1.97 bits per heavy atom. The van der Waals surface area contributed by atoms with Crippen molar-refractivity contribution in [2.24, 2.45) is 22.6 Å². The molecule has 2 N–H and O–H groups in total. The van der Waals surface area contributed by atoms with Crippen molar-refractivity contribution in [3.05, 3.63) is 46.2 Å². The Kier molecular flexibility index (Phi) is 6.36. The number of nitrogens with two attached hydrogens (primary N) is 1. The minimum Gasteiger partial charge on any atom is -0.369 e. The lowest BCUT2D eigenvalue weighted by Gasteiger charge is -2.45. The van der Waals surface area contributed by atoms with Crippen LogP contribution in [0.2, 0.25) is 0 Å². The number of piperidine rings is 1. The van der Waals surface area contributed by atoms with E-state index in [0.717, 1.165) is 28.8 Å². The van der Waals surface area contributed by atoms with E-state index in [9.17, 15) is 14.9 Å². The first-order valence-corrected chi connectivity index (χ1v) is 12.2. The van der Waals surface area contributed by atoms with Crippen molar-refractivity contribution in [3.63, 3.8) is 0 Å². The summed E-state index contributed by atoms with van der Waals surface area (Å²) in [5.74, 6) is -0.118. The van der Waals surface area contributed by atoms with Gasteiger partial charge in [-0.2, -0.15) is 5.26 Å². The lowest BCUT2D eigenvalue weighted by atomic mass is 9.70. The number of nitrogens with zero attached hydrogens (tertiary/aromatic N) is 5. The summed E-state index contributed by atoms with van der Waals surface area (Å²) >= 11 is 1.56. The van der Waals surface area contributed by atoms with Crippen LogP contribution in [0.1, 0.15) is 30.2 Å².